The first kappa shape index (κ1) is 11.6. The van der Waals surface area contributed by atoms with Gasteiger partial charge in [0.05, 0.1) is 0 Å². The number of carbonyl (C=O) groups excluding carboxylic acids is 1. The van der Waals surface area contributed by atoms with Crippen LogP contribution in [-0.4, -0.2) is 6.29 Å². The van der Waals surface area contributed by atoms with E-state index in [9.17, 15) is 4.79 Å². The van der Waals surface area contributed by atoms with Crippen LogP contribution >= 0.6 is 0 Å². The Morgan fingerprint density at radius 1 is 1.06 bits per heavy atom. The molecule has 0 aliphatic carbocycles. The molecule has 2 rings (SSSR count). The molecule has 0 atom stereocenters. The van der Waals surface area contributed by atoms with Gasteiger partial charge < -0.3 is 4.79 Å². The zero-order valence-electron chi connectivity index (χ0n) is 10.0. The van der Waals surface area contributed by atoms with Crippen LogP contribution in [0.2, 0.25) is 0 Å². The lowest BCUT2D eigenvalue weighted by Crippen LogP contribution is -1.88. The summed E-state index contributed by atoms with van der Waals surface area (Å²) >= 11 is 0. The number of rotatable bonds is 4. The summed E-state index contributed by atoms with van der Waals surface area (Å²) in [6.07, 6.45) is 2.39. The summed E-state index contributed by atoms with van der Waals surface area (Å²) in [6.45, 7) is 2.12. The number of aryl methyl sites for hydroxylation is 2. The van der Waals surface area contributed by atoms with Crippen molar-refractivity contribution in [2.45, 2.75) is 19.8 Å². The summed E-state index contributed by atoms with van der Waals surface area (Å²) in [5.74, 6) is 0. The predicted molar refractivity (Wildman–Crippen MR) is 71.0 cm³/mol. The molecular weight excluding hydrogens is 208 g/mol. The second-order valence-electron chi connectivity index (χ2n) is 4.22. The Morgan fingerprint density at radius 3 is 2.65 bits per heavy atom. The highest BCUT2D eigenvalue weighted by Gasteiger charge is 2.01. The molecule has 0 saturated heterocycles. The standard InChI is InChI=1S/C16H16O/c1-13-6-2-3-10-16(13)15-9-4-7-14(12-15)8-5-11-17/h2-4,6-7,9-12H,5,8H2,1H3. The lowest BCUT2D eigenvalue weighted by atomic mass is 9.98. The molecule has 0 radical (unpaired) electrons. The molecule has 0 fully saturated rings. The Labute approximate surface area is 102 Å². The molecule has 0 saturated carbocycles. The Morgan fingerprint density at radius 2 is 1.88 bits per heavy atom. The van der Waals surface area contributed by atoms with Gasteiger partial charge in [0.25, 0.3) is 0 Å². The van der Waals surface area contributed by atoms with Crippen LogP contribution in [0.15, 0.2) is 48.5 Å². The fourth-order valence-corrected chi connectivity index (χ4v) is 2.02. The van der Waals surface area contributed by atoms with Crippen LogP contribution in [-0.2, 0) is 11.2 Å². The third kappa shape index (κ3) is 2.82. The van der Waals surface area contributed by atoms with Crippen molar-refractivity contribution in [3.05, 3.63) is 59.7 Å². The van der Waals surface area contributed by atoms with Gasteiger partial charge in [0.2, 0.25) is 0 Å². The molecular formula is C16H16O. The minimum atomic E-state index is 0.594. The number of aldehydes is 1. The van der Waals surface area contributed by atoms with Crippen LogP contribution < -0.4 is 0 Å². The zero-order chi connectivity index (χ0) is 12.1. The summed E-state index contributed by atoms with van der Waals surface area (Å²) in [7, 11) is 0. The molecule has 2 aromatic carbocycles. The third-order valence-electron chi connectivity index (χ3n) is 2.93. The monoisotopic (exact) mass is 224 g/mol. The highest BCUT2D eigenvalue weighted by Crippen LogP contribution is 2.24. The molecule has 2 aromatic rings. The fraction of sp³-hybridized carbons (Fsp3) is 0.188. The van der Waals surface area contributed by atoms with Gasteiger partial charge in [0, 0.05) is 6.42 Å². The van der Waals surface area contributed by atoms with Gasteiger partial charge in [-0.15, -0.1) is 0 Å². The average Bonchev–Trinajstić information content (AvgIpc) is 2.37. The topological polar surface area (TPSA) is 17.1 Å². The number of benzene rings is 2. The molecule has 0 heterocycles. The summed E-state index contributed by atoms with van der Waals surface area (Å²) < 4.78 is 0. The van der Waals surface area contributed by atoms with Gasteiger partial charge in [-0.1, -0.05) is 48.5 Å². The second-order valence-corrected chi connectivity index (χ2v) is 4.22. The molecule has 0 spiro atoms. The van der Waals surface area contributed by atoms with E-state index in [2.05, 4.69) is 55.5 Å². The van der Waals surface area contributed by atoms with Gasteiger partial charge in [-0.25, -0.2) is 0 Å². The first-order valence-corrected chi connectivity index (χ1v) is 5.90. The van der Waals surface area contributed by atoms with Crippen LogP contribution in [0.25, 0.3) is 11.1 Å². The van der Waals surface area contributed by atoms with E-state index in [0.29, 0.717) is 6.42 Å². The van der Waals surface area contributed by atoms with Gasteiger partial charge in [-0.2, -0.15) is 0 Å². The van der Waals surface area contributed by atoms with E-state index in [1.165, 1.54) is 22.3 Å². The molecule has 0 amide bonds. The Bertz CT molecular complexity index is 514. The van der Waals surface area contributed by atoms with E-state index in [0.717, 1.165) is 12.7 Å². The molecule has 1 nitrogen and oxygen atoms in total. The Hall–Kier alpha value is -1.89. The van der Waals surface area contributed by atoms with Gasteiger partial charge in [-0.05, 0) is 35.6 Å². The first-order valence-electron chi connectivity index (χ1n) is 5.90. The van der Waals surface area contributed by atoms with Crippen LogP contribution in [0.3, 0.4) is 0 Å². The minimum Gasteiger partial charge on any atom is -0.303 e. The van der Waals surface area contributed by atoms with Crippen molar-refractivity contribution in [2.24, 2.45) is 0 Å². The van der Waals surface area contributed by atoms with Crippen LogP contribution in [0.4, 0.5) is 0 Å². The Balaban J connectivity index is 2.33. The molecule has 0 aromatic heterocycles. The quantitative estimate of drug-likeness (QED) is 0.722. The average molecular weight is 224 g/mol. The molecule has 17 heavy (non-hydrogen) atoms. The Kier molecular flexibility index (Phi) is 3.71. The highest BCUT2D eigenvalue weighted by molar-refractivity contribution is 5.67. The smallest absolute Gasteiger partial charge is 0.120 e. The number of carbonyl (C=O) groups is 1. The van der Waals surface area contributed by atoms with E-state index >= 15 is 0 Å². The maximum atomic E-state index is 10.4. The highest BCUT2D eigenvalue weighted by atomic mass is 16.1. The van der Waals surface area contributed by atoms with Crippen molar-refractivity contribution in [3.63, 3.8) is 0 Å². The normalized spacial score (nSPS) is 10.2. The SMILES string of the molecule is Cc1ccccc1-c1cccc(CCC=O)c1. The maximum Gasteiger partial charge on any atom is 0.120 e. The second kappa shape index (κ2) is 5.44. The van der Waals surface area contributed by atoms with Crippen molar-refractivity contribution in [3.8, 4) is 11.1 Å². The van der Waals surface area contributed by atoms with Crippen LogP contribution in [0.5, 0.6) is 0 Å². The largest absolute Gasteiger partial charge is 0.303 e. The molecule has 0 N–H and O–H groups in total. The van der Waals surface area contributed by atoms with Gasteiger partial charge in [-0.3, -0.25) is 0 Å². The van der Waals surface area contributed by atoms with E-state index in [1.807, 2.05) is 0 Å². The first-order chi connectivity index (χ1) is 8.31. The lowest BCUT2D eigenvalue weighted by molar-refractivity contribution is -0.107. The van der Waals surface area contributed by atoms with Gasteiger partial charge in [0.15, 0.2) is 0 Å². The fourth-order valence-electron chi connectivity index (χ4n) is 2.02. The van der Waals surface area contributed by atoms with Crippen molar-refractivity contribution in [2.75, 3.05) is 0 Å². The van der Waals surface area contributed by atoms with E-state index < -0.39 is 0 Å². The maximum absolute atomic E-state index is 10.4. The lowest BCUT2D eigenvalue weighted by Gasteiger charge is -2.07. The van der Waals surface area contributed by atoms with Crippen molar-refractivity contribution in [1.29, 1.82) is 0 Å². The van der Waals surface area contributed by atoms with Crippen molar-refractivity contribution < 1.29 is 4.79 Å². The molecule has 0 aliphatic heterocycles. The summed E-state index contributed by atoms with van der Waals surface area (Å²) in [4.78, 5) is 10.4. The number of hydrogen-bond donors (Lipinski definition) is 0. The zero-order valence-corrected chi connectivity index (χ0v) is 10.0. The van der Waals surface area contributed by atoms with Crippen LogP contribution in [0, 0.1) is 6.92 Å². The minimum absolute atomic E-state index is 0.594. The molecule has 0 bridgehead atoms. The number of hydrogen-bond acceptors (Lipinski definition) is 1. The third-order valence-corrected chi connectivity index (χ3v) is 2.93. The van der Waals surface area contributed by atoms with Crippen LogP contribution in [0.1, 0.15) is 17.5 Å². The summed E-state index contributed by atoms with van der Waals surface area (Å²) in [5, 5.41) is 0. The molecule has 0 unspecified atom stereocenters. The van der Waals surface area contributed by atoms with E-state index in [-0.39, 0.29) is 0 Å². The van der Waals surface area contributed by atoms with Gasteiger partial charge in [0.1, 0.15) is 6.29 Å². The van der Waals surface area contributed by atoms with Gasteiger partial charge >= 0.3 is 0 Å². The van der Waals surface area contributed by atoms with Crippen molar-refractivity contribution >= 4 is 6.29 Å². The molecule has 0 aliphatic rings. The summed E-state index contributed by atoms with van der Waals surface area (Å²) in [5.41, 5.74) is 4.99. The molecule has 86 valence electrons. The van der Waals surface area contributed by atoms with E-state index in [4.69, 9.17) is 0 Å². The predicted octanol–water partition coefficient (Wildman–Crippen LogP) is 3.79. The van der Waals surface area contributed by atoms with E-state index in [1.54, 1.807) is 0 Å². The molecule has 1 heteroatoms. The summed E-state index contributed by atoms with van der Waals surface area (Å²) in [6, 6.07) is 16.8. The van der Waals surface area contributed by atoms with Crippen molar-refractivity contribution in [1.82, 2.24) is 0 Å².